The number of morpholine rings is 1. The van der Waals surface area contributed by atoms with Gasteiger partial charge in [0.1, 0.15) is 5.82 Å². The van der Waals surface area contributed by atoms with Crippen LogP contribution in [-0.2, 0) is 11.2 Å². The van der Waals surface area contributed by atoms with Crippen molar-refractivity contribution in [3.8, 4) is 0 Å². The van der Waals surface area contributed by atoms with E-state index in [1.807, 2.05) is 13.0 Å². The molecule has 1 aliphatic rings. The molecule has 0 aliphatic carbocycles. The summed E-state index contributed by atoms with van der Waals surface area (Å²) in [5.41, 5.74) is 3.47. The van der Waals surface area contributed by atoms with Crippen LogP contribution in [0.25, 0.3) is 10.9 Å². The van der Waals surface area contributed by atoms with Crippen LogP contribution in [0.2, 0.25) is 0 Å². The molecule has 0 radical (unpaired) electrons. The molecule has 25 heavy (non-hydrogen) atoms. The molecule has 1 fully saturated rings. The van der Waals surface area contributed by atoms with Crippen LogP contribution in [0.1, 0.15) is 11.3 Å². The molecule has 1 aliphatic heterocycles. The van der Waals surface area contributed by atoms with Gasteiger partial charge in [-0.2, -0.15) is 4.98 Å². The van der Waals surface area contributed by atoms with E-state index in [0.717, 1.165) is 50.8 Å². The van der Waals surface area contributed by atoms with E-state index in [4.69, 9.17) is 4.74 Å². The van der Waals surface area contributed by atoms with Gasteiger partial charge in [0.2, 0.25) is 5.95 Å². The number of aromatic nitrogens is 3. The Morgan fingerprint density at radius 2 is 2.04 bits per heavy atom. The Labute approximate surface area is 147 Å². The highest BCUT2D eigenvalue weighted by Gasteiger charge is 2.14. The van der Waals surface area contributed by atoms with Gasteiger partial charge in [-0.3, -0.25) is 0 Å². The van der Waals surface area contributed by atoms with Crippen LogP contribution in [0.4, 0.5) is 11.8 Å². The Hall–Kier alpha value is -2.60. The van der Waals surface area contributed by atoms with E-state index in [2.05, 4.69) is 55.6 Å². The van der Waals surface area contributed by atoms with Gasteiger partial charge < -0.3 is 19.9 Å². The number of H-pyrrole nitrogens is 1. The number of ether oxygens (including phenoxy) is 1. The van der Waals surface area contributed by atoms with E-state index < -0.39 is 0 Å². The van der Waals surface area contributed by atoms with Crippen molar-refractivity contribution in [3.63, 3.8) is 0 Å². The molecule has 130 valence electrons. The first-order valence-corrected chi connectivity index (χ1v) is 8.77. The molecule has 2 aromatic heterocycles. The molecule has 0 unspecified atom stereocenters. The lowest BCUT2D eigenvalue weighted by atomic mass is 10.1. The highest BCUT2D eigenvalue weighted by Crippen LogP contribution is 2.19. The molecule has 0 saturated carbocycles. The summed E-state index contributed by atoms with van der Waals surface area (Å²) in [6, 6.07) is 10.4. The van der Waals surface area contributed by atoms with Gasteiger partial charge in [0.05, 0.1) is 13.2 Å². The minimum atomic E-state index is 0.696. The van der Waals surface area contributed by atoms with Gasteiger partial charge in [-0.15, -0.1) is 0 Å². The summed E-state index contributed by atoms with van der Waals surface area (Å²) >= 11 is 0. The fourth-order valence-electron chi connectivity index (χ4n) is 3.23. The maximum Gasteiger partial charge on any atom is 0.224 e. The first-order valence-electron chi connectivity index (χ1n) is 8.77. The maximum atomic E-state index is 5.42. The van der Waals surface area contributed by atoms with Crippen LogP contribution in [0.5, 0.6) is 0 Å². The number of para-hydroxylation sites is 1. The quantitative estimate of drug-likeness (QED) is 0.749. The SMILES string of the molecule is Cc1cc(N2CCOCC2)nc(NCCc2c[nH]c3ccccc23)n1. The third-order valence-electron chi connectivity index (χ3n) is 4.53. The zero-order valence-electron chi connectivity index (χ0n) is 14.5. The molecule has 1 aromatic carbocycles. The average Bonchev–Trinajstić information content (AvgIpc) is 3.05. The van der Waals surface area contributed by atoms with Crippen LogP contribution < -0.4 is 10.2 Å². The summed E-state index contributed by atoms with van der Waals surface area (Å²) in [7, 11) is 0. The summed E-state index contributed by atoms with van der Waals surface area (Å²) in [5.74, 6) is 1.67. The highest BCUT2D eigenvalue weighted by molar-refractivity contribution is 5.83. The Bertz CT molecular complexity index is 854. The number of nitrogens with zero attached hydrogens (tertiary/aromatic N) is 3. The van der Waals surface area contributed by atoms with Crippen molar-refractivity contribution in [2.45, 2.75) is 13.3 Å². The molecular formula is C19H23N5O. The van der Waals surface area contributed by atoms with Gasteiger partial charge in [-0.25, -0.2) is 4.98 Å². The summed E-state index contributed by atoms with van der Waals surface area (Å²) < 4.78 is 5.42. The van der Waals surface area contributed by atoms with Crippen molar-refractivity contribution in [1.29, 1.82) is 0 Å². The lowest BCUT2D eigenvalue weighted by molar-refractivity contribution is 0.122. The second kappa shape index (κ2) is 7.11. The van der Waals surface area contributed by atoms with E-state index >= 15 is 0 Å². The molecule has 0 amide bonds. The second-order valence-corrected chi connectivity index (χ2v) is 6.33. The number of hydrogen-bond acceptors (Lipinski definition) is 5. The first kappa shape index (κ1) is 15.9. The van der Waals surface area contributed by atoms with Crippen LogP contribution in [0.3, 0.4) is 0 Å². The molecule has 2 N–H and O–H groups in total. The molecule has 3 aromatic rings. The smallest absolute Gasteiger partial charge is 0.224 e. The monoisotopic (exact) mass is 337 g/mol. The molecule has 1 saturated heterocycles. The Morgan fingerprint density at radius 1 is 1.20 bits per heavy atom. The van der Waals surface area contributed by atoms with Gasteiger partial charge in [0, 0.05) is 48.5 Å². The van der Waals surface area contributed by atoms with E-state index in [1.165, 1.54) is 16.5 Å². The van der Waals surface area contributed by atoms with E-state index in [9.17, 15) is 0 Å². The minimum Gasteiger partial charge on any atom is -0.378 e. The number of nitrogens with one attached hydrogen (secondary N) is 2. The third kappa shape index (κ3) is 3.58. The Kier molecular flexibility index (Phi) is 4.52. The zero-order valence-corrected chi connectivity index (χ0v) is 14.5. The van der Waals surface area contributed by atoms with Crippen molar-refractivity contribution >= 4 is 22.7 Å². The number of fused-ring (bicyclic) bond motifs is 1. The summed E-state index contributed by atoms with van der Waals surface area (Å²) in [6.45, 7) is 6.08. The zero-order chi connectivity index (χ0) is 17.1. The Morgan fingerprint density at radius 3 is 2.92 bits per heavy atom. The highest BCUT2D eigenvalue weighted by atomic mass is 16.5. The predicted octanol–water partition coefficient (Wildman–Crippen LogP) is 2.76. The fourth-order valence-corrected chi connectivity index (χ4v) is 3.23. The number of aryl methyl sites for hydroxylation is 1. The third-order valence-corrected chi connectivity index (χ3v) is 4.53. The second-order valence-electron chi connectivity index (χ2n) is 6.33. The average molecular weight is 337 g/mol. The molecule has 4 rings (SSSR count). The van der Waals surface area contributed by atoms with E-state index in [1.54, 1.807) is 0 Å². The van der Waals surface area contributed by atoms with E-state index in [0.29, 0.717) is 5.95 Å². The molecule has 0 bridgehead atoms. The van der Waals surface area contributed by atoms with Gasteiger partial charge in [-0.1, -0.05) is 18.2 Å². The van der Waals surface area contributed by atoms with Crippen LogP contribution in [0.15, 0.2) is 36.5 Å². The van der Waals surface area contributed by atoms with Crippen LogP contribution >= 0.6 is 0 Å². The van der Waals surface area contributed by atoms with Crippen LogP contribution in [-0.4, -0.2) is 47.8 Å². The molecule has 3 heterocycles. The molecule has 6 heteroatoms. The lowest BCUT2D eigenvalue weighted by Crippen LogP contribution is -2.37. The van der Waals surface area contributed by atoms with Gasteiger partial charge in [0.15, 0.2) is 0 Å². The number of aromatic amines is 1. The van der Waals surface area contributed by atoms with Crippen molar-refractivity contribution in [3.05, 3.63) is 47.8 Å². The number of anilines is 2. The van der Waals surface area contributed by atoms with Crippen LogP contribution in [0, 0.1) is 6.92 Å². The van der Waals surface area contributed by atoms with Crippen molar-refractivity contribution in [1.82, 2.24) is 15.0 Å². The standard InChI is InChI=1S/C19H23N5O/c1-14-12-18(24-8-10-25-11-9-24)23-19(22-14)20-7-6-15-13-21-17-5-3-2-4-16(15)17/h2-5,12-13,21H,6-11H2,1H3,(H,20,22,23). The van der Waals surface area contributed by atoms with Crippen molar-refractivity contribution < 1.29 is 4.74 Å². The maximum absolute atomic E-state index is 5.42. The van der Waals surface area contributed by atoms with Gasteiger partial charge in [0.25, 0.3) is 0 Å². The summed E-state index contributed by atoms with van der Waals surface area (Å²) in [6.07, 6.45) is 3.01. The number of benzene rings is 1. The van der Waals surface area contributed by atoms with Gasteiger partial charge >= 0.3 is 0 Å². The molecule has 0 spiro atoms. The summed E-state index contributed by atoms with van der Waals surface area (Å²) in [4.78, 5) is 14.8. The number of hydrogen-bond donors (Lipinski definition) is 2. The topological polar surface area (TPSA) is 66.1 Å². The molecular weight excluding hydrogens is 314 g/mol. The molecule has 0 atom stereocenters. The Balaban J connectivity index is 1.43. The fraction of sp³-hybridized carbons (Fsp3) is 0.368. The largest absolute Gasteiger partial charge is 0.378 e. The van der Waals surface area contributed by atoms with Crippen molar-refractivity contribution in [2.24, 2.45) is 0 Å². The van der Waals surface area contributed by atoms with Crippen molar-refractivity contribution in [2.75, 3.05) is 43.1 Å². The molecule has 6 nitrogen and oxygen atoms in total. The summed E-state index contributed by atoms with van der Waals surface area (Å²) in [5, 5.41) is 4.65. The van der Waals surface area contributed by atoms with E-state index in [-0.39, 0.29) is 0 Å². The predicted molar refractivity (Wildman–Crippen MR) is 100 cm³/mol. The number of rotatable bonds is 5. The minimum absolute atomic E-state index is 0.696. The normalized spacial score (nSPS) is 14.8. The first-order chi connectivity index (χ1) is 12.3. The lowest BCUT2D eigenvalue weighted by Gasteiger charge is -2.28. The van der Waals surface area contributed by atoms with Gasteiger partial charge in [-0.05, 0) is 25.0 Å².